The van der Waals surface area contributed by atoms with Crippen LogP contribution in [0.2, 0.25) is 0 Å². The predicted octanol–water partition coefficient (Wildman–Crippen LogP) is 2.95. The van der Waals surface area contributed by atoms with Crippen molar-refractivity contribution in [2.24, 2.45) is 0 Å². The van der Waals surface area contributed by atoms with Crippen LogP contribution in [-0.4, -0.2) is 23.6 Å². The van der Waals surface area contributed by atoms with Gasteiger partial charge in [0, 0.05) is 6.54 Å². The van der Waals surface area contributed by atoms with Crippen LogP contribution in [0, 0.1) is 0 Å². The van der Waals surface area contributed by atoms with Crippen molar-refractivity contribution in [1.29, 1.82) is 0 Å². The molecule has 0 aromatic heterocycles. The first kappa shape index (κ1) is 12.4. The molecule has 2 aromatic carbocycles. The molecule has 0 saturated heterocycles. The fourth-order valence-corrected chi connectivity index (χ4v) is 2.97. The van der Waals surface area contributed by atoms with Crippen molar-refractivity contribution in [3.8, 4) is 0 Å². The van der Waals surface area contributed by atoms with Crippen LogP contribution in [-0.2, 0) is 6.42 Å². The quantitative estimate of drug-likeness (QED) is 0.889. The van der Waals surface area contributed by atoms with Crippen LogP contribution in [0.5, 0.6) is 0 Å². The highest BCUT2D eigenvalue weighted by Gasteiger charge is 2.31. The van der Waals surface area contributed by atoms with Gasteiger partial charge >= 0.3 is 0 Å². The molecular formula is C17H19NO. The molecule has 0 spiro atoms. The van der Waals surface area contributed by atoms with Crippen LogP contribution in [0.1, 0.15) is 28.8 Å². The zero-order valence-corrected chi connectivity index (χ0v) is 11.2. The SMILES string of the molecule is CN1CCc2ccccc2[C@H]1[C@@H](O)c1ccccc1. The molecule has 1 aliphatic heterocycles. The molecule has 3 rings (SSSR count). The zero-order valence-electron chi connectivity index (χ0n) is 11.2. The lowest BCUT2D eigenvalue weighted by molar-refractivity contribution is 0.0560. The Kier molecular flexibility index (Phi) is 3.36. The van der Waals surface area contributed by atoms with Crippen LogP contribution < -0.4 is 0 Å². The maximum absolute atomic E-state index is 10.7. The van der Waals surface area contributed by atoms with E-state index >= 15 is 0 Å². The first-order valence-corrected chi connectivity index (χ1v) is 6.78. The Bertz CT molecular complexity index is 552. The summed E-state index contributed by atoms with van der Waals surface area (Å²) in [4.78, 5) is 2.25. The minimum absolute atomic E-state index is 0.0485. The van der Waals surface area contributed by atoms with Gasteiger partial charge in [0.25, 0.3) is 0 Å². The lowest BCUT2D eigenvalue weighted by Gasteiger charge is -2.37. The van der Waals surface area contributed by atoms with E-state index in [0.29, 0.717) is 0 Å². The largest absolute Gasteiger partial charge is 0.386 e. The van der Waals surface area contributed by atoms with Crippen LogP contribution >= 0.6 is 0 Å². The molecular weight excluding hydrogens is 234 g/mol. The van der Waals surface area contributed by atoms with Gasteiger partial charge in [-0.05, 0) is 30.2 Å². The van der Waals surface area contributed by atoms with Gasteiger partial charge in [0.1, 0.15) is 0 Å². The van der Waals surface area contributed by atoms with Gasteiger partial charge in [-0.2, -0.15) is 0 Å². The van der Waals surface area contributed by atoms with Crippen molar-refractivity contribution in [3.63, 3.8) is 0 Å². The fraction of sp³-hybridized carbons (Fsp3) is 0.294. The third-order valence-corrected chi connectivity index (χ3v) is 4.02. The lowest BCUT2D eigenvalue weighted by atomic mass is 9.87. The summed E-state index contributed by atoms with van der Waals surface area (Å²) < 4.78 is 0. The molecule has 98 valence electrons. The van der Waals surface area contributed by atoms with Crippen molar-refractivity contribution >= 4 is 0 Å². The summed E-state index contributed by atoms with van der Waals surface area (Å²) in [7, 11) is 2.09. The Labute approximate surface area is 114 Å². The molecule has 0 unspecified atom stereocenters. The van der Waals surface area contributed by atoms with Crippen molar-refractivity contribution < 1.29 is 5.11 Å². The van der Waals surface area contributed by atoms with E-state index in [1.54, 1.807) is 0 Å². The van der Waals surface area contributed by atoms with E-state index in [0.717, 1.165) is 18.5 Å². The molecule has 2 atom stereocenters. The highest BCUT2D eigenvalue weighted by atomic mass is 16.3. The second-order valence-corrected chi connectivity index (χ2v) is 5.23. The first-order valence-electron chi connectivity index (χ1n) is 6.78. The Balaban J connectivity index is 2.00. The van der Waals surface area contributed by atoms with E-state index in [1.807, 2.05) is 30.3 Å². The Hall–Kier alpha value is -1.64. The fourth-order valence-electron chi connectivity index (χ4n) is 2.97. The van der Waals surface area contributed by atoms with Crippen LogP contribution in [0.3, 0.4) is 0 Å². The monoisotopic (exact) mass is 253 g/mol. The Morgan fingerprint density at radius 2 is 1.74 bits per heavy atom. The minimum atomic E-state index is -0.479. The summed E-state index contributed by atoms with van der Waals surface area (Å²) in [5.41, 5.74) is 3.60. The number of likely N-dealkylation sites (N-methyl/N-ethyl adjacent to an activating group) is 1. The normalized spacial score (nSPS) is 20.8. The minimum Gasteiger partial charge on any atom is -0.386 e. The van der Waals surface area contributed by atoms with E-state index in [1.165, 1.54) is 11.1 Å². The molecule has 19 heavy (non-hydrogen) atoms. The summed E-state index contributed by atoms with van der Waals surface area (Å²) in [6, 6.07) is 18.4. The maximum atomic E-state index is 10.7. The van der Waals surface area contributed by atoms with E-state index in [9.17, 15) is 5.11 Å². The Morgan fingerprint density at radius 1 is 1.05 bits per heavy atom. The average Bonchev–Trinajstić information content (AvgIpc) is 2.47. The van der Waals surface area contributed by atoms with Gasteiger partial charge in [0.15, 0.2) is 0 Å². The van der Waals surface area contributed by atoms with E-state index in [2.05, 4.69) is 36.2 Å². The molecule has 1 aliphatic rings. The molecule has 0 aliphatic carbocycles. The highest BCUT2D eigenvalue weighted by molar-refractivity contribution is 5.35. The molecule has 0 bridgehead atoms. The van der Waals surface area contributed by atoms with Crippen molar-refractivity contribution in [2.75, 3.05) is 13.6 Å². The zero-order chi connectivity index (χ0) is 13.2. The smallest absolute Gasteiger partial charge is 0.0986 e. The lowest BCUT2D eigenvalue weighted by Crippen LogP contribution is -2.35. The third-order valence-electron chi connectivity index (χ3n) is 4.02. The topological polar surface area (TPSA) is 23.5 Å². The van der Waals surface area contributed by atoms with Crippen LogP contribution in [0.4, 0.5) is 0 Å². The molecule has 0 fully saturated rings. The van der Waals surface area contributed by atoms with Gasteiger partial charge < -0.3 is 5.11 Å². The van der Waals surface area contributed by atoms with E-state index < -0.39 is 6.10 Å². The first-order chi connectivity index (χ1) is 9.27. The van der Waals surface area contributed by atoms with Gasteiger partial charge in [-0.15, -0.1) is 0 Å². The van der Waals surface area contributed by atoms with Crippen LogP contribution in [0.15, 0.2) is 54.6 Å². The molecule has 2 heteroatoms. The standard InChI is InChI=1S/C17H19NO/c1-18-12-11-13-7-5-6-10-15(13)16(18)17(19)14-8-3-2-4-9-14/h2-10,16-17,19H,11-12H2,1H3/t16-,17-/m0/s1. The number of hydrogen-bond donors (Lipinski definition) is 1. The molecule has 0 radical (unpaired) electrons. The highest BCUT2D eigenvalue weighted by Crippen LogP contribution is 2.37. The summed E-state index contributed by atoms with van der Waals surface area (Å²) >= 11 is 0. The van der Waals surface area contributed by atoms with E-state index in [4.69, 9.17) is 0 Å². The third kappa shape index (κ3) is 2.29. The Morgan fingerprint density at radius 3 is 2.53 bits per heavy atom. The number of aliphatic hydroxyl groups excluding tert-OH is 1. The summed E-state index contributed by atoms with van der Waals surface area (Å²) in [6.45, 7) is 0.992. The number of benzene rings is 2. The van der Waals surface area contributed by atoms with Gasteiger partial charge in [-0.25, -0.2) is 0 Å². The molecule has 1 N–H and O–H groups in total. The number of rotatable bonds is 2. The van der Waals surface area contributed by atoms with Crippen molar-refractivity contribution in [2.45, 2.75) is 18.6 Å². The van der Waals surface area contributed by atoms with Gasteiger partial charge in [-0.1, -0.05) is 54.6 Å². The van der Waals surface area contributed by atoms with Gasteiger partial charge in [0.2, 0.25) is 0 Å². The van der Waals surface area contributed by atoms with E-state index in [-0.39, 0.29) is 6.04 Å². The van der Waals surface area contributed by atoms with Gasteiger partial charge in [-0.3, -0.25) is 4.90 Å². The number of aliphatic hydroxyl groups is 1. The maximum Gasteiger partial charge on any atom is 0.0986 e. The summed E-state index contributed by atoms with van der Waals surface area (Å²) in [6.07, 6.45) is 0.581. The molecule has 0 saturated carbocycles. The molecule has 1 heterocycles. The van der Waals surface area contributed by atoms with Crippen molar-refractivity contribution in [3.05, 3.63) is 71.3 Å². The second kappa shape index (κ2) is 5.16. The number of hydrogen-bond acceptors (Lipinski definition) is 2. The average molecular weight is 253 g/mol. The number of nitrogens with zero attached hydrogens (tertiary/aromatic N) is 1. The summed E-state index contributed by atoms with van der Waals surface area (Å²) in [5.74, 6) is 0. The van der Waals surface area contributed by atoms with Crippen LogP contribution in [0.25, 0.3) is 0 Å². The van der Waals surface area contributed by atoms with Crippen molar-refractivity contribution in [1.82, 2.24) is 4.90 Å². The molecule has 2 aromatic rings. The van der Waals surface area contributed by atoms with Gasteiger partial charge in [0.05, 0.1) is 12.1 Å². The molecule has 0 amide bonds. The number of fused-ring (bicyclic) bond motifs is 1. The summed E-state index contributed by atoms with van der Waals surface area (Å²) in [5, 5.41) is 10.7. The second-order valence-electron chi connectivity index (χ2n) is 5.23. The molecule has 2 nitrogen and oxygen atoms in total. The predicted molar refractivity (Wildman–Crippen MR) is 76.9 cm³/mol.